The van der Waals surface area contributed by atoms with Gasteiger partial charge in [-0.3, -0.25) is 4.79 Å². The lowest BCUT2D eigenvalue weighted by molar-refractivity contribution is -0.139. The zero-order valence-corrected chi connectivity index (χ0v) is 9.28. The average molecular weight is 259 g/mol. The molecule has 0 saturated carbocycles. The Morgan fingerprint density at radius 1 is 1.57 bits per heavy atom. The van der Waals surface area contributed by atoms with E-state index in [1.807, 2.05) is 13.0 Å². The fourth-order valence-electron chi connectivity index (χ4n) is 1.29. The van der Waals surface area contributed by atoms with Crippen molar-refractivity contribution in [2.75, 3.05) is 0 Å². The summed E-state index contributed by atoms with van der Waals surface area (Å²) < 4.78 is 0.918. The first-order chi connectivity index (χ1) is 6.50. The molecule has 3 nitrogen and oxygen atoms in total. The van der Waals surface area contributed by atoms with Crippen molar-refractivity contribution in [1.82, 2.24) is 0 Å². The summed E-state index contributed by atoms with van der Waals surface area (Å²) in [6.45, 7) is 1.84. The molecule has 14 heavy (non-hydrogen) atoms. The van der Waals surface area contributed by atoms with Gasteiger partial charge in [-0.25, -0.2) is 0 Å². The van der Waals surface area contributed by atoms with E-state index in [0.717, 1.165) is 10.0 Å². The maximum atomic E-state index is 10.4. The van der Waals surface area contributed by atoms with Gasteiger partial charge < -0.3 is 10.2 Å². The van der Waals surface area contributed by atoms with E-state index in [1.54, 1.807) is 12.1 Å². The lowest BCUT2D eigenvalue weighted by atomic mass is 10.0. The van der Waals surface area contributed by atoms with E-state index in [1.165, 1.54) is 0 Å². The van der Waals surface area contributed by atoms with Crippen LogP contribution in [-0.2, 0) is 4.79 Å². The minimum absolute atomic E-state index is 0.261. The Labute approximate surface area is 90.5 Å². The van der Waals surface area contributed by atoms with Crippen molar-refractivity contribution in [3.63, 3.8) is 0 Å². The first-order valence-corrected chi connectivity index (χ1v) is 4.96. The highest BCUT2D eigenvalue weighted by Crippen LogP contribution is 2.23. The van der Waals surface area contributed by atoms with Gasteiger partial charge in [0.15, 0.2) is 0 Å². The molecule has 1 aromatic rings. The van der Waals surface area contributed by atoms with Gasteiger partial charge in [-0.15, -0.1) is 0 Å². The molecule has 0 spiro atoms. The SMILES string of the molecule is Cc1cc(Br)ccc1C(O)CC(=O)O. The normalized spacial score (nSPS) is 12.5. The van der Waals surface area contributed by atoms with Crippen molar-refractivity contribution in [3.05, 3.63) is 33.8 Å². The fraction of sp³-hybridized carbons (Fsp3) is 0.300. The molecule has 2 N–H and O–H groups in total. The Balaban J connectivity index is 2.90. The third-order valence-electron chi connectivity index (χ3n) is 1.96. The average Bonchev–Trinajstić information content (AvgIpc) is 2.01. The highest BCUT2D eigenvalue weighted by molar-refractivity contribution is 9.10. The standard InChI is InChI=1S/C10H11BrO3/c1-6-4-7(11)2-3-8(6)9(12)5-10(13)14/h2-4,9,12H,5H2,1H3,(H,13,14). The van der Waals surface area contributed by atoms with Gasteiger partial charge in [-0.05, 0) is 30.2 Å². The van der Waals surface area contributed by atoms with Gasteiger partial charge in [0.25, 0.3) is 0 Å². The third-order valence-corrected chi connectivity index (χ3v) is 2.45. The number of aryl methyl sites for hydroxylation is 1. The van der Waals surface area contributed by atoms with Crippen LogP contribution in [-0.4, -0.2) is 16.2 Å². The maximum Gasteiger partial charge on any atom is 0.306 e. The van der Waals surface area contributed by atoms with Crippen LogP contribution in [0.15, 0.2) is 22.7 Å². The third kappa shape index (κ3) is 2.82. The van der Waals surface area contributed by atoms with Gasteiger partial charge in [-0.2, -0.15) is 0 Å². The van der Waals surface area contributed by atoms with Crippen LogP contribution in [0.3, 0.4) is 0 Å². The monoisotopic (exact) mass is 258 g/mol. The Hall–Kier alpha value is -0.870. The van der Waals surface area contributed by atoms with Gasteiger partial charge >= 0.3 is 5.97 Å². The number of rotatable bonds is 3. The van der Waals surface area contributed by atoms with Crippen LogP contribution < -0.4 is 0 Å². The predicted molar refractivity (Wildman–Crippen MR) is 56.1 cm³/mol. The van der Waals surface area contributed by atoms with Crippen LogP contribution in [0.1, 0.15) is 23.7 Å². The summed E-state index contributed by atoms with van der Waals surface area (Å²) in [6.07, 6.45) is -1.19. The summed E-state index contributed by atoms with van der Waals surface area (Å²) in [5, 5.41) is 18.1. The molecule has 0 saturated heterocycles. The largest absolute Gasteiger partial charge is 0.481 e. The van der Waals surface area contributed by atoms with Crippen LogP contribution in [0.5, 0.6) is 0 Å². The van der Waals surface area contributed by atoms with Crippen LogP contribution in [0.2, 0.25) is 0 Å². The summed E-state index contributed by atoms with van der Waals surface area (Å²) in [7, 11) is 0. The van der Waals surface area contributed by atoms with Crippen LogP contribution >= 0.6 is 15.9 Å². The molecule has 1 unspecified atom stereocenters. The van der Waals surface area contributed by atoms with Crippen LogP contribution in [0.25, 0.3) is 0 Å². The summed E-state index contributed by atoms with van der Waals surface area (Å²) in [6, 6.07) is 5.36. The summed E-state index contributed by atoms with van der Waals surface area (Å²) in [5.74, 6) is -1.00. The number of aliphatic hydroxyl groups is 1. The number of carboxylic acids is 1. The Bertz CT molecular complexity index is 349. The van der Waals surface area contributed by atoms with Gasteiger partial charge in [0.2, 0.25) is 0 Å². The van der Waals surface area contributed by atoms with Crippen molar-refractivity contribution in [1.29, 1.82) is 0 Å². The highest BCUT2D eigenvalue weighted by Gasteiger charge is 2.13. The molecule has 0 heterocycles. The molecule has 0 radical (unpaired) electrons. The molecule has 4 heteroatoms. The zero-order valence-electron chi connectivity index (χ0n) is 7.70. The van der Waals surface area contributed by atoms with Crippen molar-refractivity contribution in [3.8, 4) is 0 Å². The first-order valence-electron chi connectivity index (χ1n) is 4.16. The van der Waals surface area contributed by atoms with Crippen molar-refractivity contribution in [2.45, 2.75) is 19.4 Å². The van der Waals surface area contributed by atoms with E-state index in [-0.39, 0.29) is 6.42 Å². The quantitative estimate of drug-likeness (QED) is 0.875. The van der Waals surface area contributed by atoms with Gasteiger partial charge in [0, 0.05) is 4.47 Å². The molecular formula is C10H11BrO3. The lowest BCUT2D eigenvalue weighted by Crippen LogP contribution is -2.06. The number of aliphatic carboxylic acids is 1. The summed E-state index contributed by atoms with van der Waals surface area (Å²) in [4.78, 5) is 10.4. The molecule has 0 aromatic heterocycles. The molecule has 0 aliphatic heterocycles. The molecule has 0 aliphatic rings. The number of hydrogen-bond acceptors (Lipinski definition) is 2. The van der Waals surface area contributed by atoms with Gasteiger partial charge in [-0.1, -0.05) is 22.0 Å². The Kier molecular flexibility index (Phi) is 3.66. The summed E-state index contributed by atoms with van der Waals surface area (Å²) in [5.41, 5.74) is 1.55. The van der Waals surface area contributed by atoms with E-state index >= 15 is 0 Å². The Morgan fingerprint density at radius 3 is 2.71 bits per heavy atom. The Morgan fingerprint density at radius 2 is 2.21 bits per heavy atom. The van der Waals surface area contributed by atoms with Gasteiger partial charge in [0.05, 0.1) is 12.5 Å². The lowest BCUT2D eigenvalue weighted by Gasteiger charge is -2.11. The fourth-order valence-corrected chi connectivity index (χ4v) is 1.76. The van der Waals surface area contributed by atoms with Crippen molar-refractivity contribution in [2.24, 2.45) is 0 Å². The maximum absolute atomic E-state index is 10.4. The first kappa shape index (κ1) is 11.2. The zero-order chi connectivity index (χ0) is 10.7. The molecule has 1 aromatic carbocycles. The van der Waals surface area contributed by atoms with E-state index in [0.29, 0.717) is 5.56 Å². The van der Waals surface area contributed by atoms with E-state index in [4.69, 9.17) is 5.11 Å². The van der Waals surface area contributed by atoms with Crippen LogP contribution in [0, 0.1) is 6.92 Å². The molecule has 0 aliphatic carbocycles. The second-order valence-electron chi connectivity index (χ2n) is 3.11. The number of carbonyl (C=O) groups is 1. The molecule has 1 atom stereocenters. The predicted octanol–water partition coefficient (Wildman–Crippen LogP) is 2.27. The molecular weight excluding hydrogens is 248 g/mol. The minimum Gasteiger partial charge on any atom is -0.481 e. The van der Waals surface area contributed by atoms with Crippen molar-refractivity contribution < 1.29 is 15.0 Å². The van der Waals surface area contributed by atoms with E-state index in [9.17, 15) is 9.90 Å². The van der Waals surface area contributed by atoms with Crippen molar-refractivity contribution >= 4 is 21.9 Å². The number of hydrogen-bond donors (Lipinski definition) is 2. The highest BCUT2D eigenvalue weighted by atomic mass is 79.9. The van der Waals surface area contributed by atoms with Gasteiger partial charge in [0.1, 0.15) is 0 Å². The van der Waals surface area contributed by atoms with E-state index in [2.05, 4.69) is 15.9 Å². The molecule has 76 valence electrons. The number of benzene rings is 1. The smallest absolute Gasteiger partial charge is 0.306 e. The number of halogens is 1. The van der Waals surface area contributed by atoms with Crippen LogP contribution in [0.4, 0.5) is 0 Å². The second-order valence-corrected chi connectivity index (χ2v) is 4.03. The second kappa shape index (κ2) is 4.57. The molecule has 0 amide bonds. The molecule has 1 rings (SSSR count). The number of aliphatic hydroxyl groups excluding tert-OH is 1. The molecule has 0 bridgehead atoms. The topological polar surface area (TPSA) is 57.5 Å². The molecule has 0 fully saturated rings. The number of carboxylic acid groups (broad SMARTS) is 1. The minimum atomic E-state index is -1.00. The van der Waals surface area contributed by atoms with E-state index < -0.39 is 12.1 Å². The summed E-state index contributed by atoms with van der Waals surface area (Å²) >= 11 is 3.30.